The molecule has 1 aromatic carbocycles. The quantitative estimate of drug-likeness (QED) is 0.598. The molecule has 2 N–H and O–H groups in total. The van der Waals surface area contributed by atoms with Gasteiger partial charge in [-0.05, 0) is 59.8 Å². The SMILES string of the molecule is CCCNCCNC(=O)c1ccc(I)cc1.Cl. The Kier molecular flexibility index (Phi) is 9.49. The van der Waals surface area contributed by atoms with Gasteiger partial charge in [0.25, 0.3) is 5.91 Å². The van der Waals surface area contributed by atoms with Gasteiger partial charge in [-0.3, -0.25) is 4.79 Å². The first-order valence-electron chi connectivity index (χ1n) is 5.48. The van der Waals surface area contributed by atoms with Gasteiger partial charge in [0.2, 0.25) is 0 Å². The molecule has 0 fully saturated rings. The largest absolute Gasteiger partial charge is 0.351 e. The zero-order valence-electron chi connectivity index (χ0n) is 9.83. The summed E-state index contributed by atoms with van der Waals surface area (Å²) in [5.41, 5.74) is 0.718. The van der Waals surface area contributed by atoms with Crippen LogP contribution in [0, 0.1) is 3.57 Å². The molecule has 17 heavy (non-hydrogen) atoms. The van der Waals surface area contributed by atoms with Gasteiger partial charge in [0.05, 0.1) is 0 Å². The summed E-state index contributed by atoms with van der Waals surface area (Å²) in [4.78, 5) is 11.6. The van der Waals surface area contributed by atoms with Gasteiger partial charge in [0.1, 0.15) is 0 Å². The van der Waals surface area contributed by atoms with E-state index in [1.807, 2.05) is 24.3 Å². The monoisotopic (exact) mass is 368 g/mol. The van der Waals surface area contributed by atoms with Crippen molar-refractivity contribution in [3.63, 3.8) is 0 Å². The first kappa shape index (κ1) is 16.7. The second-order valence-corrected chi connectivity index (χ2v) is 4.76. The van der Waals surface area contributed by atoms with E-state index in [9.17, 15) is 4.79 Å². The van der Waals surface area contributed by atoms with Gasteiger partial charge in [0, 0.05) is 22.2 Å². The number of carbonyl (C=O) groups excluding carboxylic acids is 1. The smallest absolute Gasteiger partial charge is 0.251 e. The van der Waals surface area contributed by atoms with E-state index in [1.165, 1.54) is 0 Å². The van der Waals surface area contributed by atoms with Crippen LogP contribution in [0.25, 0.3) is 0 Å². The maximum absolute atomic E-state index is 11.6. The van der Waals surface area contributed by atoms with Crippen molar-refractivity contribution in [3.8, 4) is 0 Å². The Morgan fingerprint density at radius 3 is 2.41 bits per heavy atom. The van der Waals surface area contributed by atoms with Crippen molar-refractivity contribution in [1.29, 1.82) is 0 Å². The fourth-order valence-corrected chi connectivity index (χ4v) is 1.63. The molecule has 0 saturated carbocycles. The number of carbonyl (C=O) groups is 1. The lowest BCUT2D eigenvalue weighted by molar-refractivity contribution is 0.0954. The fraction of sp³-hybridized carbons (Fsp3) is 0.417. The first-order chi connectivity index (χ1) is 7.74. The van der Waals surface area contributed by atoms with E-state index in [1.54, 1.807) is 0 Å². The molecule has 96 valence electrons. The molecular weight excluding hydrogens is 351 g/mol. The van der Waals surface area contributed by atoms with E-state index in [0.29, 0.717) is 6.54 Å². The minimum atomic E-state index is -0.00491. The minimum absolute atomic E-state index is 0. The molecule has 0 aliphatic carbocycles. The van der Waals surface area contributed by atoms with Crippen LogP contribution >= 0.6 is 35.0 Å². The Balaban J connectivity index is 0.00000256. The molecule has 0 aromatic heterocycles. The maximum atomic E-state index is 11.6. The molecular formula is C12H18ClIN2O. The summed E-state index contributed by atoms with van der Waals surface area (Å²) >= 11 is 2.22. The number of hydrogen-bond donors (Lipinski definition) is 2. The van der Waals surface area contributed by atoms with E-state index in [4.69, 9.17) is 0 Å². The zero-order valence-corrected chi connectivity index (χ0v) is 12.8. The summed E-state index contributed by atoms with van der Waals surface area (Å²) in [6, 6.07) is 7.56. The Hall–Kier alpha value is -0.330. The van der Waals surface area contributed by atoms with Crippen LogP contribution in [-0.4, -0.2) is 25.5 Å². The third-order valence-electron chi connectivity index (χ3n) is 2.12. The molecule has 0 aliphatic rings. The lowest BCUT2D eigenvalue weighted by Gasteiger charge is -2.06. The molecule has 1 aromatic rings. The summed E-state index contributed by atoms with van der Waals surface area (Å²) < 4.78 is 1.14. The van der Waals surface area contributed by atoms with E-state index in [-0.39, 0.29) is 18.3 Å². The molecule has 1 rings (SSSR count). The van der Waals surface area contributed by atoms with E-state index < -0.39 is 0 Å². The molecule has 0 saturated heterocycles. The Morgan fingerprint density at radius 2 is 1.82 bits per heavy atom. The number of benzene rings is 1. The average Bonchev–Trinajstić information content (AvgIpc) is 2.29. The van der Waals surface area contributed by atoms with E-state index in [0.717, 1.165) is 28.6 Å². The lowest BCUT2D eigenvalue weighted by atomic mass is 10.2. The average molecular weight is 369 g/mol. The van der Waals surface area contributed by atoms with E-state index in [2.05, 4.69) is 40.1 Å². The van der Waals surface area contributed by atoms with Crippen molar-refractivity contribution < 1.29 is 4.79 Å². The number of hydrogen-bond acceptors (Lipinski definition) is 2. The van der Waals surface area contributed by atoms with Crippen molar-refractivity contribution in [2.75, 3.05) is 19.6 Å². The van der Waals surface area contributed by atoms with Crippen molar-refractivity contribution in [3.05, 3.63) is 33.4 Å². The number of nitrogens with one attached hydrogen (secondary N) is 2. The van der Waals surface area contributed by atoms with Crippen LogP contribution in [0.3, 0.4) is 0 Å². The van der Waals surface area contributed by atoms with Gasteiger partial charge < -0.3 is 10.6 Å². The molecule has 0 unspecified atom stereocenters. The minimum Gasteiger partial charge on any atom is -0.351 e. The van der Waals surface area contributed by atoms with Crippen LogP contribution in [0.1, 0.15) is 23.7 Å². The number of halogens is 2. The van der Waals surface area contributed by atoms with Gasteiger partial charge >= 0.3 is 0 Å². The normalized spacial score (nSPS) is 9.53. The van der Waals surface area contributed by atoms with Gasteiger partial charge in [-0.1, -0.05) is 6.92 Å². The highest BCUT2D eigenvalue weighted by Crippen LogP contribution is 2.06. The van der Waals surface area contributed by atoms with Crippen LogP contribution in [0.2, 0.25) is 0 Å². The second kappa shape index (κ2) is 9.67. The molecule has 0 atom stereocenters. The first-order valence-corrected chi connectivity index (χ1v) is 6.56. The highest BCUT2D eigenvalue weighted by Gasteiger charge is 2.03. The summed E-state index contributed by atoms with van der Waals surface area (Å²) in [6.07, 6.45) is 1.12. The Morgan fingerprint density at radius 1 is 1.18 bits per heavy atom. The van der Waals surface area contributed by atoms with Crippen LogP contribution < -0.4 is 10.6 Å². The molecule has 1 amide bonds. The lowest BCUT2D eigenvalue weighted by Crippen LogP contribution is -2.32. The van der Waals surface area contributed by atoms with Gasteiger partial charge in [-0.25, -0.2) is 0 Å². The molecule has 0 heterocycles. The van der Waals surface area contributed by atoms with Crippen LogP contribution in [0.5, 0.6) is 0 Å². The Bertz CT molecular complexity index is 330. The topological polar surface area (TPSA) is 41.1 Å². The molecule has 0 aliphatic heterocycles. The fourth-order valence-electron chi connectivity index (χ4n) is 1.27. The van der Waals surface area contributed by atoms with Gasteiger partial charge in [-0.15, -0.1) is 12.4 Å². The molecule has 0 radical (unpaired) electrons. The van der Waals surface area contributed by atoms with Crippen molar-refractivity contribution in [2.24, 2.45) is 0 Å². The summed E-state index contributed by atoms with van der Waals surface area (Å²) in [7, 11) is 0. The van der Waals surface area contributed by atoms with E-state index >= 15 is 0 Å². The summed E-state index contributed by atoms with van der Waals surface area (Å²) in [5.74, 6) is -0.00491. The van der Waals surface area contributed by atoms with Crippen LogP contribution in [0.15, 0.2) is 24.3 Å². The van der Waals surface area contributed by atoms with Crippen molar-refractivity contribution in [2.45, 2.75) is 13.3 Å². The standard InChI is InChI=1S/C12H17IN2O.ClH/c1-2-7-14-8-9-15-12(16)10-3-5-11(13)6-4-10;/h3-6,14H,2,7-9H2,1H3,(H,15,16);1H. The highest BCUT2D eigenvalue weighted by atomic mass is 127. The molecule has 0 spiro atoms. The van der Waals surface area contributed by atoms with Crippen molar-refractivity contribution >= 4 is 40.9 Å². The van der Waals surface area contributed by atoms with Crippen LogP contribution in [-0.2, 0) is 0 Å². The molecule has 5 heteroatoms. The Labute approximate surface area is 122 Å². The second-order valence-electron chi connectivity index (χ2n) is 3.51. The predicted octanol–water partition coefficient (Wildman–Crippen LogP) is 2.44. The predicted molar refractivity (Wildman–Crippen MR) is 81.9 cm³/mol. The third kappa shape index (κ3) is 6.85. The summed E-state index contributed by atoms with van der Waals surface area (Å²) in [6.45, 7) is 4.62. The van der Waals surface area contributed by atoms with Crippen molar-refractivity contribution in [1.82, 2.24) is 10.6 Å². The maximum Gasteiger partial charge on any atom is 0.251 e. The zero-order chi connectivity index (χ0) is 11.8. The number of rotatable bonds is 6. The highest BCUT2D eigenvalue weighted by molar-refractivity contribution is 14.1. The van der Waals surface area contributed by atoms with Crippen LogP contribution in [0.4, 0.5) is 0 Å². The van der Waals surface area contributed by atoms with Gasteiger partial charge in [-0.2, -0.15) is 0 Å². The van der Waals surface area contributed by atoms with Gasteiger partial charge in [0.15, 0.2) is 0 Å². The third-order valence-corrected chi connectivity index (χ3v) is 2.84. The number of amides is 1. The molecule has 3 nitrogen and oxygen atoms in total. The summed E-state index contributed by atoms with van der Waals surface area (Å²) in [5, 5.41) is 6.11. The molecule has 0 bridgehead atoms.